The Morgan fingerprint density at radius 3 is 2.10 bits per heavy atom. The lowest BCUT2D eigenvalue weighted by atomic mass is 9.73. The second kappa shape index (κ2) is 10.7. The number of rotatable bonds is 8. The van der Waals surface area contributed by atoms with Gasteiger partial charge in [0.2, 0.25) is 11.8 Å². The van der Waals surface area contributed by atoms with Gasteiger partial charge in [0.05, 0.1) is 0 Å². The van der Waals surface area contributed by atoms with Crippen molar-refractivity contribution in [1.82, 2.24) is 20.4 Å². The molecule has 0 aromatic heterocycles. The Labute approximate surface area is 249 Å². The van der Waals surface area contributed by atoms with E-state index in [1.807, 2.05) is 20.8 Å². The maximum atomic E-state index is 14.3. The molecule has 4 rings (SSSR count). The maximum absolute atomic E-state index is 14.3. The maximum Gasteiger partial charge on any atom is 0.408 e. The number of likely N-dealkylation sites (tertiary alicyclic amines) is 1. The Balaban J connectivity index is 1.59. The van der Waals surface area contributed by atoms with Crippen molar-refractivity contribution in [3.63, 3.8) is 0 Å². The van der Waals surface area contributed by atoms with E-state index in [1.54, 1.807) is 30.6 Å². The molecular formula is C31H50N4O7. The van der Waals surface area contributed by atoms with Crippen molar-refractivity contribution in [2.45, 2.75) is 124 Å². The molecule has 1 saturated heterocycles. The van der Waals surface area contributed by atoms with Crippen LogP contribution in [0.4, 0.5) is 4.79 Å². The summed E-state index contributed by atoms with van der Waals surface area (Å²) < 4.78 is 10.5. The normalized spacial score (nSPS) is 30.3. The molecule has 0 spiro atoms. The van der Waals surface area contributed by atoms with Crippen LogP contribution in [-0.2, 0) is 28.7 Å². The van der Waals surface area contributed by atoms with E-state index in [1.165, 1.54) is 6.92 Å². The number of amides is 4. The third-order valence-electron chi connectivity index (χ3n) is 9.30. The first-order chi connectivity index (χ1) is 19.2. The number of hydrogen-bond donors (Lipinski definition) is 2. The first-order valence-electron chi connectivity index (χ1n) is 15.3. The van der Waals surface area contributed by atoms with Gasteiger partial charge < -0.3 is 29.9 Å². The molecule has 0 radical (unpaired) electrons. The average molecular weight is 591 g/mol. The third kappa shape index (κ3) is 6.39. The van der Waals surface area contributed by atoms with Gasteiger partial charge in [0.15, 0.2) is 6.61 Å². The van der Waals surface area contributed by atoms with E-state index >= 15 is 0 Å². The van der Waals surface area contributed by atoms with Crippen molar-refractivity contribution >= 4 is 29.8 Å². The minimum atomic E-state index is -0.908. The minimum Gasteiger partial charge on any atom is -0.456 e. The molecule has 4 unspecified atom stereocenters. The SMILES string of the molecule is CC(=O)OCC(=O)N(C1CC1)C1(NC(=O)C2C3C(CN2C(=O)C(NC(=O)OC(C)(C)C)C(C)(C)C)C3(C)C)CC(C)C1. The summed E-state index contributed by atoms with van der Waals surface area (Å²) in [5.74, 6) is -1.05. The predicted molar refractivity (Wildman–Crippen MR) is 155 cm³/mol. The van der Waals surface area contributed by atoms with Gasteiger partial charge in [-0.2, -0.15) is 0 Å². The highest BCUT2D eigenvalue weighted by Crippen LogP contribution is 2.65. The van der Waals surface area contributed by atoms with Gasteiger partial charge >= 0.3 is 12.1 Å². The summed E-state index contributed by atoms with van der Waals surface area (Å²) in [6, 6.07) is -1.66. The van der Waals surface area contributed by atoms with Crippen molar-refractivity contribution in [2.75, 3.05) is 13.2 Å². The van der Waals surface area contributed by atoms with Crippen LogP contribution < -0.4 is 10.6 Å². The summed E-state index contributed by atoms with van der Waals surface area (Å²) in [5.41, 5.74) is -2.38. The van der Waals surface area contributed by atoms with Gasteiger partial charge in [0, 0.05) is 19.5 Å². The Morgan fingerprint density at radius 2 is 1.62 bits per heavy atom. The number of hydrogen-bond acceptors (Lipinski definition) is 7. The Hall–Kier alpha value is -2.85. The predicted octanol–water partition coefficient (Wildman–Crippen LogP) is 3.21. The molecule has 3 saturated carbocycles. The standard InChI is InChI=1S/C31H50N4O7/c1-17-13-31(14-17,35(19-11-12-19)21(37)16-41-18(2)36)33-25(38)23-22-20(30(22,9)10)15-34(23)26(39)24(28(3,4)5)32-27(40)42-29(6,7)8/h17,19-20,22-24H,11-16H2,1-10H3,(H,32,40)(H,33,38). The minimum absolute atomic E-state index is 0.0180. The van der Waals surface area contributed by atoms with Gasteiger partial charge in [-0.25, -0.2) is 4.79 Å². The first kappa shape index (κ1) is 32.1. The quantitative estimate of drug-likeness (QED) is 0.328. The molecule has 4 fully saturated rings. The van der Waals surface area contributed by atoms with E-state index in [9.17, 15) is 24.0 Å². The summed E-state index contributed by atoms with van der Waals surface area (Å²) in [7, 11) is 0. The van der Waals surface area contributed by atoms with Crippen LogP contribution >= 0.6 is 0 Å². The largest absolute Gasteiger partial charge is 0.456 e. The van der Waals surface area contributed by atoms with Crippen LogP contribution in [0, 0.1) is 28.6 Å². The molecule has 11 heteroatoms. The van der Waals surface area contributed by atoms with Crippen LogP contribution in [0.3, 0.4) is 0 Å². The molecule has 3 aliphatic carbocycles. The van der Waals surface area contributed by atoms with E-state index in [-0.39, 0.29) is 47.6 Å². The lowest BCUT2D eigenvalue weighted by molar-refractivity contribution is -0.164. The number of ether oxygens (including phenoxy) is 2. The van der Waals surface area contributed by atoms with Gasteiger partial charge in [0.1, 0.15) is 23.3 Å². The third-order valence-corrected chi connectivity index (χ3v) is 9.30. The molecule has 2 N–H and O–H groups in total. The number of fused-ring (bicyclic) bond motifs is 1. The fourth-order valence-electron chi connectivity index (χ4n) is 7.17. The molecule has 4 aliphatic rings. The van der Waals surface area contributed by atoms with Gasteiger partial charge in [-0.1, -0.05) is 41.5 Å². The number of alkyl carbamates (subject to hydrolysis) is 1. The lowest BCUT2D eigenvalue weighted by Gasteiger charge is -2.54. The van der Waals surface area contributed by atoms with Gasteiger partial charge in [0.25, 0.3) is 5.91 Å². The van der Waals surface area contributed by atoms with Crippen molar-refractivity contribution in [3.05, 3.63) is 0 Å². The number of carbonyl (C=O) groups is 5. The van der Waals surface area contributed by atoms with Crippen molar-refractivity contribution in [3.8, 4) is 0 Å². The number of piperidine rings is 1. The topological polar surface area (TPSA) is 134 Å². The van der Waals surface area contributed by atoms with Crippen LogP contribution in [0.5, 0.6) is 0 Å². The fourth-order valence-corrected chi connectivity index (χ4v) is 7.17. The molecule has 4 atom stereocenters. The van der Waals surface area contributed by atoms with Crippen LogP contribution in [0.2, 0.25) is 0 Å². The smallest absolute Gasteiger partial charge is 0.408 e. The summed E-state index contributed by atoms with van der Waals surface area (Å²) in [6.45, 7) is 18.5. The molecule has 0 aromatic rings. The molecule has 236 valence electrons. The highest BCUT2D eigenvalue weighted by Gasteiger charge is 2.70. The van der Waals surface area contributed by atoms with Crippen LogP contribution in [0.25, 0.3) is 0 Å². The van der Waals surface area contributed by atoms with Crippen LogP contribution in [-0.4, -0.2) is 82.1 Å². The molecule has 1 aliphatic heterocycles. The van der Waals surface area contributed by atoms with E-state index in [0.717, 1.165) is 12.8 Å². The molecule has 4 amide bonds. The number of nitrogens with one attached hydrogen (secondary N) is 2. The highest BCUT2D eigenvalue weighted by molar-refractivity contribution is 5.94. The fraction of sp³-hybridized carbons (Fsp3) is 0.839. The number of esters is 1. The summed E-state index contributed by atoms with van der Waals surface area (Å²) in [6.07, 6.45) is 2.14. The summed E-state index contributed by atoms with van der Waals surface area (Å²) >= 11 is 0. The lowest BCUT2D eigenvalue weighted by Crippen LogP contribution is -2.71. The molecular weight excluding hydrogens is 540 g/mol. The zero-order valence-corrected chi connectivity index (χ0v) is 27.0. The molecule has 1 heterocycles. The van der Waals surface area contributed by atoms with E-state index in [2.05, 4.69) is 31.4 Å². The number of carbonyl (C=O) groups excluding carboxylic acids is 5. The number of nitrogens with zero attached hydrogens (tertiary/aromatic N) is 2. The Kier molecular flexibility index (Phi) is 8.17. The highest BCUT2D eigenvalue weighted by atomic mass is 16.6. The average Bonchev–Trinajstić information content (AvgIpc) is 3.66. The van der Waals surface area contributed by atoms with Crippen LogP contribution in [0.15, 0.2) is 0 Å². The van der Waals surface area contributed by atoms with Gasteiger partial charge in [-0.05, 0) is 75.0 Å². The Bertz CT molecular complexity index is 1130. The van der Waals surface area contributed by atoms with Crippen molar-refractivity contribution < 1.29 is 33.4 Å². The molecule has 11 nitrogen and oxygen atoms in total. The van der Waals surface area contributed by atoms with Gasteiger partial charge in [-0.3, -0.25) is 19.2 Å². The van der Waals surface area contributed by atoms with E-state index in [0.29, 0.717) is 25.3 Å². The second-order valence-electron chi connectivity index (χ2n) is 15.6. The second-order valence-corrected chi connectivity index (χ2v) is 15.6. The zero-order valence-electron chi connectivity index (χ0n) is 27.0. The Morgan fingerprint density at radius 1 is 1.02 bits per heavy atom. The van der Waals surface area contributed by atoms with Crippen molar-refractivity contribution in [1.29, 1.82) is 0 Å². The summed E-state index contributed by atoms with van der Waals surface area (Å²) in [5, 5.41) is 6.02. The van der Waals surface area contributed by atoms with E-state index in [4.69, 9.17) is 9.47 Å². The summed E-state index contributed by atoms with van der Waals surface area (Å²) in [4.78, 5) is 69.3. The molecule has 0 bridgehead atoms. The van der Waals surface area contributed by atoms with E-state index < -0.39 is 40.8 Å². The van der Waals surface area contributed by atoms with Crippen LogP contribution in [0.1, 0.15) is 94.9 Å². The molecule has 42 heavy (non-hydrogen) atoms. The first-order valence-corrected chi connectivity index (χ1v) is 15.3. The molecule has 0 aromatic carbocycles. The van der Waals surface area contributed by atoms with Gasteiger partial charge in [-0.15, -0.1) is 0 Å². The monoisotopic (exact) mass is 590 g/mol. The van der Waals surface area contributed by atoms with Crippen molar-refractivity contribution in [2.24, 2.45) is 28.6 Å². The zero-order chi connectivity index (χ0) is 31.6.